The van der Waals surface area contributed by atoms with Gasteiger partial charge in [-0.15, -0.1) is 10.2 Å². The highest BCUT2D eigenvalue weighted by atomic mass is 79.9. The SMILES string of the molecule is Nc1cc(Br)cc(-c2nnc3cnccn23)c1. The maximum absolute atomic E-state index is 5.81. The number of benzene rings is 1. The van der Waals surface area contributed by atoms with E-state index in [2.05, 4.69) is 31.1 Å². The van der Waals surface area contributed by atoms with Crippen molar-refractivity contribution in [3.8, 4) is 11.4 Å². The fraction of sp³-hybridized carbons (Fsp3) is 0. The van der Waals surface area contributed by atoms with Crippen molar-refractivity contribution < 1.29 is 0 Å². The van der Waals surface area contributed by atoms with Crippen LogP contribution in [0.15, 0.2) is 41.3 Å². The van der Waals surface area contributed by atoms with Crippen LogP contribution in [0.5, 0.6) is 0 Å². The van der Waals surface area contributed by atoms with E-state index < -0.39 is 0 Å². The lowest BCUT2D eigenvalue weighted by atomic mass is 10.2. The zero-order valence-electron chi connectivity index (χ0n) is 8.71. The van der Waals surface area contributed by atoms with Gasteiger partial charge in [-0.05, 0) is 18.2 Å². The minimum Gasteiger partial charge on any atom is -0.399 e. The fourth-order valence-corrected chi connectivity index (χ4v) is 2.20. The molecule has 0 saturated heterocycles. The minimum absolute atomic E-state index is 0.681. The van der Waals surface area contributed by atoms with E-state index >= 15 is 0 Å². The fourth-order valence-electron chi connectivity index (χ4n) is 1.69. The lowest BCUT2D eigenvalue weighted by molar-refractivity contribution is 1.11. The second-order valence-corrected chi connectivity index (χ2v) is 4.52. The summed E-state index contributed by atoms with van der Waals surface area (Å²) in [5.41, 5.74) is 8.11. The summed E-state index contributed by atoms with van der Waals surface area (Å²) in [4.78, 5) is 4.00. The van der Waals surface area contributed by atoms with Crippen LogP contribution >= 0.6 is 15.9 Å². The van der Waals surface area contributed by atoms with Crippen molar-refractivity contribution in [3.05, 3.63) is 41.3 Å². The number of nitrogens with zero attached hydrogens (tertiary/aromatic N) is 4. The molecule has 3 aromatic rings. The summed E-state index contributed by atoms with van der Waals surface area (Å²) >= 11 is 3.41. The Balaban J connectivity index is 2.27. The summed E-state index contributed by atoms with van der Waals surface area (Å²) in [6, 6.07) is 5.66. The van der Waals surface area contributed by atoms with E-state index in [4.69, 9.17) is 5.73 Å². The molecule has 0 atom stereocenters. The van der Waals surface area contributed by atoms with E-state index in [9.17, 15) is 0 Å². The van der Waals surface area contributed by atoms with Gasteiger partial charge >= 0.3 is 0 Å². The summed E-state index contributed by atoms with van der Waals surface area (Å²) in [7, 11) is 0. The molecule has 0 aliphatic heterocycles. The molecule has 2 heterocycles. The molecule has 0 bridgehead atoms. The molecule has 0 amide bonds. The molecule has 84 valence electrons. The van der Waals surface area contributed by atoms with Crippen LogP contribution < -0.4 is 5.73 Å². The number of nitrogen functional groups attached to an aromatic ring is 1. The molecule has 1 aromatic carbocycles. The standard InChI is InChI=1S/C11H8BrN5/c12-8-3-7(4-9(13)5-8)11-16-15-10-6-14-1-2-17(10)11/h1-6H,13H2. The van der Waals surface area contributed by atoms with Gasteiger partial charge in [0.2, 0.25) is 0 Å². The molecule has 2 aromatic heterocycles. The maximum atomic E-state index is 5.81. The van der Waals surface area contributed by atoms with Crippen molar-refractivity contribution in [2.24, 2.45) is 0 Å². The zero-order valence-corrected chi connectivity index (χ0v) is 10.3. The summed E-state index contributed by atoms with van der Waals surface area (Å²) < 4.78 is 2.78. The van der Waals surface area contributed by atoms with Gasteiger partial charge < -0.3 is 5.73 Å². The van der Waals surface area contributed by atoms with Crippen molar-refractivity contribution in [1.29, 1.82) is 0 Å². The van der Waals surface area contributed by atoms with Crippen molar-refractivity contribution in [3.63, 3.8) is 0 Å². The molecule has 6 heteroatoms. The van der Waals surface area contributed by atoms with E-state index in [1.165, 1.54) is 0 Å². The van der Waals surface area contributed by atoms with Crippen molar-refractivity contribution >= 4 is 27.3 Å². The van der Waals surface area contributed by atoms with Crippen LogP contribution in [-0.4, -0.2) is 19.6 Å². The highest BCUT2D eigenvalue weighted by molar-refractivity contribution is 9.10. The minimum atomic E-state index is 0.681. The zero-order chi connectivity index (χ0) is 11.8. The molecule has 0 spiro atoms. The average molecular weight is 290 g/mol. The van der Waals surface area contributed by atoms with E-state index in [0.717, 1.165) is 15.9 Å². The third-order valence-electron chi connectivity index (χ3n) is 2.39. The predicted molar refractivity (Wildman–Crippen MR) is 68.3 cm³/mol. The van der Waals surface area contributed by atoms with Crippen molar-refractivity contribution in [2.75, 3.05) is 5.73 Å². The summed E-state index contributed by atoms with van der Waals surface area (Å²) in [5.74, 6) is 0.746. The highest BCUT2D eigenvalue weighted by Gasteiger charge is 2.08. The summed E-state index contributed by atoms with van der Waals surface area (Å²) in [6.07, 6.45) is 5.18. The molecule has 0 fully saturated rings. The normalized spacial score (nSPS) is 10.9. The topological polar surface area (TPSA) is 69.1 Å². The van der Waals surface area contributed by atoms with Crippen molar-refractivity contribution in [1.82, 2.24) is 19.6 Å². The number of fused-ring (bicyclic) bond motifs is 1. The van der Waals surface area contributed by atoms with E-state index in [0.29, 0.717) is 11.3 Å². The lowest BCUT2D eigenvalue weighted by Gasteiger charge is -2.02. The van der Waals surface area contributed by atoms with Gasteiger partial charge in [0, 0.05) is 28.1 Å². The second-order valence-electron chi connectivity index (χ2n) is 3.60. The van der Waals surface area contributed by atoms with E-state index in [1.807, 2.05) is 28.8 Å². The lowest BCUT2D eigenvalue weighted by Crippen LogP contribution is -1.92. The first-order valence-corrected chi connectivity index (χ1v) is 5.74. The van der Waals surface area contributed by atoms with Crippen LogP contribution in [0, 0.1) is 0 Å². The number of aromatic nitrogens is 4. The summed E-state index contributed by atoms with van der Waals surface area (Å²) in [6.45, 7) is 0. The van der Waals surface area contributed by atoms with Gasteiger partial charge in [-0.1, -0.05) is 15.9 Å². The Morgan fingerprint density at radius 2 is 2.06 bits per heavy atom. The molecule has 17 heavy (non-hydrogen) atoms. The third-order valence-corrected chi connectivity index (χ3v) is 2.85. The van der Waals surface area contributed by atoms with Crippen LogP contribution in [-0.2, 0) is 0 Å². The van der Waals surface area contributed by atoms with Gasteiger partial charge in [0.15, 0.2) is 11.5 Å². The van der Waals surface area contributed by atoms with Gasteiger partial charge in [0.05, 0.1) is 6.20 Å². The van der Waals surface area contributed by atoms with E-state index in [1.54, 1.807) is 12.4 Å². The first-order valence-electron chi connectivity index (χ1n) is 4.95. The van der Waals surface area contributed by atoms with Gasteiger partial charge in [-0.3, -0.25) is 9.38 Å². The Hall–Kier alpha value is -1.95. The molecule has 0 aliphatic carbocycles. The van der Waals surface area contributed by atoms with E-state index in [-0.39, 0.29) is 0 Å². The molecule has 3 rings (SSSR count). The molecule has 0 radical (unpaired) electrons. The Bertz CT molecular complexity index is 671. The number of nitrogens with two attached hydrogens (primary N) is 1. The molecule has 5 nitrogen and oxygen atoms in total. The molecule has 0 aliphatic rings. The molecular formula is C11H8BrN5. The Kier molecular flexibility index (Phi) is 2.29. The van der Waals surface area contributed by atoms with Gasteiger partial charge in [-0.2, -0.15) is 0 Å². The van der Waals surface area contributed by atoms with Crippen LogP contribution in [0.3, 0.4) is 0 Å². The Morgan fingerprint density at radius 1 is 1.18 bits per heavy atom. The quantitative estimate of drug-likeness (QED) is 0.697. The van der Waals surface area contributed by atoms with Crippen LogP contribution in [0.4, 0.5) is 5.69 Å². The van der Waals surface area contributed by atoms with Crippen LogP contribution in [0.1, 0.15) is 0 Å². The van der Waals surface area contributed by atoms with Gasteiger partial charge in [0.25, 0.3) is 0 Å². The van der Waals surface area contributed by atoms with Gasteiger partial charge in [0.1, 0.15) is 0 Å². The Labute approximate surface area is 105 Å². The van der Waals surface area contributed by atoms with Gasteiger partial charge in [-0.25, -0.2) is 0 Å². The molecule has 0 unspecified atom stereocenters. The van der Waals surface area contributed by atoms with Crippen molar-refractivity contribution in [2.45, 2.75) is 0 Å². The molecule has 0 saturated carbocycles. The number of rotatable bonds is 1. The third kappa shape index (κ3) is 1.76. The number of anilines is 1. The largest absolute Gasteiger partial charge is 0.399 e. The maximum Gasteiger partial charge on any atom is 0.179 e. The van der Waals surface area contributed by atoms with Crippen LogP contribution in [0.2, 0.25) is 0 Å². The molecule has 2 N–H and O–H groups in total. The number of hydrogen-bond donors (Lipinski definition) is 1. The smallest absolute Gasteiger partial charge is 0.179 e. The number of hydrogen-bond acceptors (Lipinski definition) is 4. The van der Waals surface area contributed by atoms with Crippen LogP contribution in [0.25, 0.3) is 17.0 Å². The first kappa shape index (κ1) is 10.2. The Morgan fingerprint density at radius 3 is 2.88 bits per heavy atom. The monoisotopic (exact) mass is 289 g/mol. The molecular weight excluding hydrogens is 282 g/mol. The number of halogens is 1. The predicted octanol–water partition coefficient (Wildman–Crippen LogP) is 2.14. The highest BCUT2D eigenvalue weighted by Crippen LogP contribution is 2.25. The summed E-state index contributed by atoms with van der Waals surface area (Å²) in [5, 5.41) is 8.19. The second kappa shape index (κ2) is 3.81. The first-order chi connectivity index (χ1) is 8.24. The average Bonchev–Trinajstić information content (AvgIpc) is 2.71.